The van der Waals surface area contributed by atoms with Crippen LogP contribution in [-0.2, 0) is 6.42 Å². The highest BCUT2D eigenvalue weighted by Crippen LogP contribution is 2.19. The Bertz CT molecular complexity index is 776. The fraction of sp³-hybridized carbons (Fsp3) is 0.118. The highest BCUT2D eigenvalue weighted by Gasteiger charge is 2.06. The molecule has 0 saturated heterocycles. The summed E-state index contributed by atoms with van der Waals surface area (Å²) in [5, 5.41) is 6.87. The number of para-hydroxylation sites is 1. The summed E-state index contributed by atoms with van der Waals surface area (Å²) < 4.78 is 0. The van der Waals surface area contributed by atoms with E-state index in [2.05, 4.69) is 22.5 Å². The van der Waals surface area contributed by atoms with Gasteiger partial charge in [0.1, 0.15) is 0 Å². The van der Waals surface area contributed by atoms with Crippen LogP contribution in [0.4, 0.5) is 16.2 Å². The van der Waals surface area contributed by atoms with Crippen LogP contribution in [0.25, 0.3) is 10.9 Å². The smallest absolute Gasteiger partial charge is 0.323 e. The van der Waals surface area contributed by atoms with E-state index >= 15 is 0 Å². The Balaban J connectivity index is 1.73. The number of urea groups is 1. The van der Waals surface area contributed by atoms with Gasteiger partial charge in [0.2, 0.25) is 0 Å². The summed E-state index contributed by atoms with van der Waals surface area (Å²) in [6.07, 6.45) is 2.76. The zero-order chi connectivity index (χ0) is 14.7. The fourth-order valence-corrected chi connectivity index (χ4v) is 2.36. The highest BCUT2D eigenvalue weighted by atomic mass is 16.2. The summed E-state index contributed by atoms with van der Waals surface area (Å²) in [5.41, 5.74) is 3.73. The third-order valence-electron chi connectivity index (χ3n) is 3.46. The van der Waals surface area contributed by atoms with Crippen molar-refractivity contribution in [2.45, 2.75) is 13.3 Å². The summed E-state index contributed by atoms with van der Waals surface area (Å²) in [6, 6.07) is 15.4. The van der Waals surface area contributed by atoms with Gasteiger partial charge in [-0.25, -0.2) is 4.79 Å². The van der Waals surface area contributed by atoms with E-state index in [-0.39, 0.29) is 6.03 Å². The maximum atomic E-state index is 12.1. The van der Waals surface area contributed by atoms with E-state index < -0.39 is 0 Å². The number of H-pyrrole nitrogens is 1. The van der Waals surface area contributed by atoms with Crippen molar-refractivity contribution in [3.05, 3.63) is 60.3 Å². The van der Waals surface area contributed by atoms with Gasteiger partial charge in [-0.3, -0.25) is 0 Å². The number of anilines is 2. The summed E-state index contributed by atoms with van der Waals surface area (Å²) in [6.45, 7) is 2.07. The monoisotopic (exact) mass is 279 g/mol. The van der Waals surface area contributed by atoms with Gasteiger partial charge in [-0.15, -0.1) is 0 Å². The fourth-order valence-electron chi connectivity index (χ4n) is 2.36. The van der Waals surface area contributed by atoms with Crippen molar-refractivity contribution in [1.82, 2.24) is 4.98 Å². The number of carbonyl (C=O) groups excluding carboxylic acids is 1. The minimum Gasteiger partial charge on any atom is -0.361 e. The van der Waals surface area contributed by atoms with Crippen molar-refractivity contribution in [2.24, 2.45) is 0 Å². The molecule has 0 atom stereocenters. The molecule has 1 aromatic heterocycles. The van der Waals surface area contributed by atoms with Crippen LogP contribution in [0.15, 0.2) is 54.7 Å². The molecule has 0 unspecified atom stereocenters. The molecule has 0 bridgehead atoms. The number of aryl methyl sites for hydroxylation is 1. The molecule has 0 radical (unpaired) electrons. The average Bonchev–Trinajstić information content (AvgIpc) is 2.95. The molecule has 0 saturated carbocycles. The first kappa shape index (κ1) is 13.2. The molecule has 0 aliphatic rings. The van der Waals surface area contributed by atoms with Gasteiger partial charge in [-0.2, -0.15) is 0 Å². The number of aromatic amines is 1. The van der Waals surface area contributed by atoms with Crippen molar-refractivity contribution in [3.8, 4) is 0 Å². The third kappa shape index (κ3) is 2.89. The number of hydrogen-bond acceptors (Lipinski definition) is 1. The molecule has 0 aliphatic heterocycles. The lowest BCUT2D eigenvalue weighted by Gasteiger charge is -2.11. The Labute approximate surface area is 123 Å². The molecular weight excluding hydrogens is 262 g/mol. The van der Waals surface area contributed by atoms with Crippen LogP contribution in [0.2, 0.25) is 0 Å². The molecule has 4 nitrogen and oxygen atoms in total. The molecule has 0 fully saturated rings. The lowest BCUT2D eigenvalue weighted by atomic mass is 10.1. The van der Waals surface area contributed by atoms with Gasteiger partial charge in [0.05, 0.1) is 0 Å². The molecule has 0 aliphatic carbocycles. The van der Waals surface area contributed by atoms with Crippen LogP contribution < -0.4 is 10.6 Å². The van der Waals surface area contributed by atoms with E-state index in [9.17, 15) is 4.79 Å². The van der Waals surface area contributed by atoms with Crippen molar-refractivity contribution in [1.29, 1.82) is 0 Å². The molecule has 3 aromatic rings. The number of amides is 2. The lowest BCUT2D eigenvalue weighted by Crippen LogP contribution is -2.20. The highest BCUT2D eigenvalue weighted by molar-refractivity contribution is 6.01. The van der Waals surface area contributed by atoms with E-state index in [1.165, 1.54) is 0 Å². The SMILES string of the molecule is CCc1ccccc1NC(=O)Nc1ccc2cc[nH]c2c1. The van der Waals surface area contributed by atoms with Crippen molar-refractivity contribution in [3.63, 3.8) is 0 Å². The van der Waals surface area contributed by atoms with Crippen LogP contribution in [0.3, 0.4) is 0 Å². The molecule has 2 aromatic carbocycles. The van der Waals surface area contributed by atoms with Crippen LogP contribution in [0, 0.1) is 0 Å². The second-order valence-corrected chi connectivity index (χ2v) is 4.87. The third-order valence-corrected chi connectivity index (χ3v) is 3.46. The Morgan fingerprint density at radius 1 is 1.10 bits per heavy atom. The van der Waals surface area contributed by atoms with E-state index in [4.69, 9.17) is 0 Å². The molecular formula is C17H17N3O. The lowest BCUT2D eigenvalue weighted by molar-refractivity contribution is 0.262. The Hall–Kier alpha value is -2.75. The van der Waals surface area contributed by atoms with E-state index in [1.807, 2.05) is 54.7 Å². The maximum absolute atomic E-state index is 12.1. The van der Waals surface area contributed by atoms with Gasteiger partial charge in [0, 0.05) is 23.1 Å². The van der Waals surface area contributed by atoms with Gasteiger partial charge in [-0.05, 0) is 41.6 Å². The second-order valence-electron chi connectivity index (χ2n) is 4.87. The van der Waals surface area contributed by atoms with Gasteiger partial charge in [0.25, 0.3) is 0 Å². The maximum Gasteiger partial charge on any atom is 0.323 e. The topological polar surface area (TPSA) is 56.9 Å². The molecule has 106 valence electrons. The minimum atomic E-state index is -0.234. The number of rotatable bonds is 3. The first-order valence-electron chi connectivity index (χ1n) is 6.99. The summed E-state index contributed by atoms with van der Waals surface area (Å²) >= 11 is 0. The minimum absolute atomic E-state index is 0.234. The zero-order valence-electron chi connectivity index (χ0n) is 11.8. The van der Waals surface area contributed by atoms with Crippen LogP contribution in [-0.4, -0.2) is 11.0 Å². The normalized spacial score (nSPS) is 10.5. The number of aromatic nitrogens is 1. The van der Waals surface area contributed by atoms with Crippen molar-refractivity contribution in [2.75, 3.05) is 10.6 Å². The molecule has 0 spiro atoms. The number of benzene rings is 2. The first-order valence-corrected chi connectivity index (χ1v) is 6.99. The standard InChI is InChI=1S/C17H17N3O/c1-2-12-5-3-4-6-15(12)20-17(21)19-14-8-7-13-9-10-18-16(13)11-14/h3-11,18H,2H2,1H3,(H2,19,20,21). The largest absolute Gasteiger partial charge is 0.361 e. The molecule has 4 heteroatoms. The van der Waals surface area contributed by atoms with Gasteiger partial charge < -0.3 is 15.6 Å². The summed E-state index contributed by atoms with van der Waals surface area (Å²) in [7, 11) is 0. The predicted molar refractivity (Wildman–Crippen MR) is 86.8 cm³/mol. The van der Waals surface area contributed by atoms with E-state index in [0.29, 0.717) is 0 Å². The zero-order valence-corrected chi connectivity index (χ0v) is 11.8. The van der Waals surface area contributed by atoms with Gasteiger partial charge in [0.15, 0.2) is 0 Å². The summed E-state index contributed by atoms with van der Waals surface area (Å²) in [4.78, 5) is 15.2. The molecule has 2 amide bonds. The Morgan fingerprint density at radius 3 is 2.81 bits per heavy atom. The van der Waals surface area contributed by atoms with Gasteiger partial charge >= 0.3 is 6.03 Å². The predicted octanol–water partition coefficient (Wildman–Crippen LogP) is 4.37. The second kappa shape index (κ2) is 5.71. The van der Waals surface area contributed by atoms with E-state index in [1.54, 1.807) is 0 Å². The van der Waals surface area contributed by atoms with Crippen LogP contribution in [0.1, 0.15) is 12.5 Å². The molecule has 1 heterocycles. The number of fused-ring (bicyclic) bond motifs is 1. The number of hydrogen-bond donors (Lipinski definition) is 3. The quantitative estimate of drug-likeness (QED) is 0.655. The molecule has 3 N–H and O–H groups in total. The Kier molecular flexibility index (Phi) is 3.60. The Morgan fingerprint density at radius 2 is 1.95 bits per heavy atom. The van der Waals surface area contributed by atoms with Crippen LogP contribution in [0.5, 0.6) is 0 Å². The average molecular weight is 279 g/mol. The number of nitrogens with one attached hydrogen (secondary N) is 3. The molecule has 21 heavy (non-hydrogen) atoms. The van der Waals surface area contributed by atoms with Gasteiger partial charge in [-0.1, -0.05) is 31.2 Å². The van der Waals surface area contributed by atoms with E-state index in [0.717, 1.165) is 34.3 Å². The number of carbonyl (C=O) groups is 1. The van der Waals surface area contributed by atoms with Crippen molar-refractivity contribution < 1.29 is 4.79 Å². The summed E-state index contributed by atoms with van der Waals surface area (Å²) in [5.74, 6) is 0. The molecule has 3 rings (SSSR count). The van der Waals surface area contributed by atoms with Crippen molar-refractivity contribution >= 4 is 28.3 Å². The van der Waals surface area contributed by atoms with Crippen LogP contribution >= 0.6 is 0 Å². The first-order chi connectivity index (χ1) is 10.3.